The van der Waals surface area contributed by atoms with Crippen molar-refractivity contribution in [2.24, 2.45) is 5.92 Å². The van der Waals surface area contributed by atoms with Gasteiger partial charge in [0.05, 0.1) is 19.8 Å². The molecule has 40 heavy (non-hydrogen) atoms. The molecule has 8 heteroatoms. The number of unbranched alkanes of at least 4 members (excludes halogenated alkanes) is 11. The van der Waals surface area contributed by atoms with Crippen LogP contribution in [0.25, 0.3) is 0 Å². The van der Waals surface area contributed by atoms with Crippen LogP contribution in [0.3, 0.4) is 0 Å². The average molecular weight is 584 g/mol. The van der Waals surface area contributed by atoms with Gasteiger partial charge in [0.25, 0.3) is 0 Å². The van der Waals surface area contributed by atoms with E-state index in [0.717, 1.165) is 30.9 Å². The second kappa shape index (κ2) is 23.3. The van der Waals surface area contributed by atoms with Gasteiger partial charge in [0.15, 0.2) is 0 Å². The van der Waals surface area contributed by atoms with Gasteiger partial charge in [0.2, 0.25) is 0 Å². The molecule has 0 spiro atoms. The van der Waals surface area contributed by atoms with E-state index in [1.54, 1.807) is 0 Å². The predicted molar refractivity (Wildman–Crippen MR) is 165 cm³/mol. The average Bonchev–Trinajstić information content (AvgIpc) is 2.93. The zero-order chi connectivity index (χ0) is 29.5. The molecular weight excluding hydrogens is 525 g/mol. The number of carbonyl (C=O) groups is 1. The molecule has 1 rings (SSSR count). The van der Waals surface area contributed by atoms with Crippen molar-refractivity contribution in [3.05, 3.63) is 29.8 Å². The van der Waals surface area contributed by atoms with Crippen molar-refractivity contribution >= 4 is 13.6 Å². The number of ketones is 1. The lowest BCUT2D eigenvalue weighted by molar-refractivity contribution is -0.120. The maximum Gasteiger partial charge on any atom is 0.472 e. The Morgan fingerprint density at radius 3 is 1.95 bits per heavy atom. The van der Waals surface area contributed by atoms with Gasteiger partial charge in [-0.15, -0.1) is 0 Å². The first kappa shape index (κ1) is 36.8. The Bertz CT molecular complexity index is 801. The minimum atomic E-state index is -4.15. The van der Waals surface area contributed by atoms with Gasteiger partial charge in [0, 0.05) is 12.8 Å². The summed E-state index contributed by atoms with van der Waals surface area (Å²) in [6.45, 7) is 5.70. The second-order valence-electron chi connectivity index (χ2n) is 11.3. The summed E-state index contributed by atoms with van der Waals surface area (Å²) in [6.07, 6.45) is 17.8. The van der Waals surface area contributed by atoms with Gasteiger partial charge in [-0.25, -0.2) is 4.57 Å². The summed E-state index contributed by atoms with van der Waals surface area (Å²) >= 11 is 0. The Kier molecular flexibility index (Phi) is 21.5. The molecule has 0 saturated heterocycles. The fraction of sp³-hybridized carbons (Fsp3) is 0.781. The molecule has 7 nitrogen and oxygen atoms in total. The smallest absolute Gasteiger partial charge is 0.472 e. The maximum atomic E-state index is 12.3. The lowest BCUT2D eigenvalue weighted by Gasteiger charge is -2.19. The van der Waals surface area contributed by atoms with Gasteiger partial charge in [-0.2, -0.15) is 0 Å². The van der Waals surface area contributed by atoms with Crippen LogP contribution in [0.2, 0.25) is 0 Å². The van der Waals surface area contributed by atoms with Crippen LogP contribution >= 0.6 is 7.82 Å². The molecule has 0 bridgehead atoms. The van der Waals surface area contributed by atoms with Crippen LogP contribution in [0.4, 0.5) is 0 Å². The van der Waals surface area contributed by atoms with Crippen molar-refractivity contribution < 1.29 is 28.0 Å². The van der Waals surface area contributed by atoms with Crippen LogP contribution in [0.1, 0.15) is 116 Å². The maximum absolute atomic E-state index is 12.3. The van der Waals surface area contributed by atoms with E-state index in [0.29, 0.717) is 25.7 Å². The van der Waals surface area contributed by atoms with Crippen molar-refractivity contribution in [2.75, 3.05) is 40.5 Å². The van der Waals surface area contributed by atoms with Gasteiger partial charge in [-0.05, 0) is 63.5 Å². The summed E-state index contributed by atoms with van der Waals surface area (Å²) in [7, 11) is -0.287. The summed E-state index contributed by atoms with van der Waals surface area (Å²) in [5.41, 5.74) is 1.04. The van der Waals surface area contributed by atoms with Crippen molar-refractivity contribution in [1.29, 1.82) is 0 Å². The number of carbonyl (C=O) groups excluding carboxylic acids is 1. The highest BCUT2D eigenvalue weighted by molar-refractivity contribution is 7.47. The van der Waals surface area contributed by atoms with E-state index in [9.17, 15) is 14.3 Å². The Hall–Kier alpha value is -1.24. The summed E-state index contributed by atoms with van der Waals surface area (Å²) in [6, 6.07) is 7.91. The third kappa shape index (κ3) is 20.6. The van der Waals surface area contributed by atoms with Gasteiger partial charge in [-0.3, -0.25) is 13.8 Å². The first-order valence-corrected chi connectivity index (χ1v) is 17.2. The number of phosphoric ester groups is 1. The molecule has 0 heterocycles. The lowest BCUT2D eigenvalue weighted by atomic mass is 9.94. The summed E-state index contributed by atoms with van der Waals surface area (Å²) < 4.78 is 28.6. The number of phosphoric acid groups is 1. The van der Waals surface area contributed by atoms with E-state index in [4.69, 9.17) is 13.8 Å². The molecule has 1 N–H and O–H groups in total. The third-order valence-corrected chi connectivity index (χ3v) is 8.09. The fourth-order valence-electron chi connectivity index (χ4n) is 4.64. The first-order valence-electron chi connectivity index (χ1n) is 15.8. The van der Waals surface area contributed by atoms with E-state index in [1.165, 1.54) is 70.6 Å². The minimum Gasteiger partial charge on any atom is -0.494 e. The monoisotopic (exact) mass is 583 g/mol. The number of rotatable bonds is 27. The van der Waals surface area contributed by atoms with Crippen molar-refractivity contribution in [3.63, 3.8) is 0 Å². The lowest BCUT2D eigenvalue weighted by Crippen LogP contribution is -2.17. The van der Waals surface area contributed by atoms with Crippen molar-refractivity contribution in [3.8, 4) is 5.75 Å². The fourth-order valence-corrected chi connectivity index (χ4v) is 5.48. The largest absolute Gasteiger partial charge is 0.494 e. The number of hydrogen-bond donors (Lipinski definition) is 1. The zero-order valence-electron chi connectivity index (χ0n) is 25.9. The highest BCUT2D eigenvalue weighted by Crippen LogP contribution is 2.44. The van der Waals surface area contributed by atoms with Crippen LogP contribution in [0.15, 0.2) is 24.3 Å². The molecule has 232 valence electrons. The second-order valence-corrected chi connectivity index (χ2v) is 12.8. The van der Waals surface area contributed by atoms with Gasteiger partial charge < -0.3 is 14.5 Å². The third-order valence-electron chi connectivity index (χ3n) is 7.10. The molecule has 0 aliphatic rings. The van der Waals surface area contributed by atoms with Crippen LogP contribution in [-0.4, -0.2) is 56.0 Å². The van der Waals surface area contributed by atoms with E-state index in [-0.39, 0.29) is 24.9 Å². The summed E-state index contributed by atoms with van der Waals surface area (Å²) in [5.74, 6) is 0.747. The molecule has 0 aliphatic heterocycles. The molecule has 2 unspecified atom stereocenters. The molecule has 1 aromatic rings. The molecule has 1 aromatic carbocycles. The highest BCUT2D eigenvalue weighted by Gasteiger charge is 2.24. The van der Waals surface area contributed by atoms with E-state index < -0.39 is 7.82 Å². The molecule has 2 atom stereocenters. The molecule has 0 aliphatic carbocycles. The summed E-state index contributed by atoms with van der Waals surface area (Å²) in [4.78, 5) is 24.1. The van der Waals surface area contributed by atoms with Crippen molar-refractivity contribution in [1.82, 2.24) is 4.90 Å². The van der Waals surface area contributed by atoms with E-state index >= 15 is 0 Å². The Labute approximate surface area is 245 Å². The number of Topliss-reactive ketones (excluding diaryl/α,β-unsaturated/α-hetero) is 1. The van der Waals surface area contributed by atoms with Gasteiger partial charge >= 0.3 is 7.82 Å². The molecule has 0 saturated carbocycles. The highest BCUT2D eigenvalue weighted by atomic mass is 31.2. The SMILES string of the molecule is CCCCCCCCCCCCCCOc1ccc(CC(COP(=O)(O)OCCCN(C)C)CC(=O)CC)cc1. The van der Waals surface area contributed by atoms with Crippen LogP contribution < -0.4 is 4.74 Å². The predicted octanol–water partition coefficient (Wildman–Crippen LogP) is 8.38. The van der Waals surface area contributed by atoms with Crippen LogP contribution in [0.5, 0.6) is 5.75 Å². The molecule has 0 radical (unpaired) electrons. The van der Waals surface area contributed by atoms with Gasteiger partial charge in [0.1, 0.15) is 11.5 Å². The number of hydrogen-bond acceptors (Lipinski definition) is 6. The zero-order valence-corrected chi connectivity index (χ0v) is 26.8. The van der Waals surface area contributed by atoms with Crippen molar-refractivity contribution in [2.45, 2.75) is 117 Å². The van der Waals surface area contributed by atoms with Gasteiger partial charge in [-0.1, -0.05) is 96.6 Å². The van der Waals surface area contributed by atoms with E-state index in [1.807, 2.05) is 50.2 Å². The Morgan fingerprint density at radius 1 is 0.825 bits per heavy atom. The topological polar surface area (TPSA) is 85.3 Å². The molecular formula is C32H58NO6P. The number of benzene rings is 1. The molecule has 0 amide bonds. The number of ether oxygens (including phenoxy) is 1. The summed E-state index contributed by atoms with van der Waals surface area (Å²) in [5, 5.41) is 0. The number of nitrogens with zero attached hydrogens (tertiary/aromatic N) is 1. The van der Waals surface area contributed by atoms with Crippen LogP contribution in [-0.2, 0) is 24.8 Å². The van der Waals surface area contributed by atoms with E-state index in [2.05, 4.69) is 6.92 Å². The molecule has 0 aromatic heterocycles. The van der Waals surface area contributed by atoms with Crippen LogP contribution in [0, 0.1) is 5.92 Å². The first-order chi connectivity index (χ1) is 19.3. The normalized spacial score (nSPS) is 13.8. The molecule has 0 fully saturated rings. The Morgan fingerprint density at radius 2 is 1.40 bits per heavy atom. The minimum absolute atomic E-state index is 0.00952. The quantitative estimate of drug-likeness (QED) is 0.0822. The Balaban J connectivity index is 2.31. The standard InChI is InChI=1S/C32H58NO6P/c1-5-7-8-9-10-11-12-13-14-15-16-17-24-37-32-21-19-29(20-22-32)26-30(27-31(34)6-2)28-39-40(35,36)38-25-18-23-33(3)4/h19-22,30H,5-18,23-28H2,1-4H3,(H,35,36).